The Morgan fingerprint density at radius 3 is 2.35 bits per heavy atom. The molecule has 1 aliphatic heterocycles. The van der Waals surface area contributed by atoms with Crippen LogP contribution in [-0.4, -0.2) is 33.0 Å². The molecular formula is C18H22NO4+. The van der Waals surface area contributed by atoms with Crippen molar-refractivity contribution in [3.8, 4) is 23.0 Å². The van der Waals surface area contributed by atoms with Crippen molar-refractivity contribution in [2.75, 3.05) is 27.9 Å². The second kappa shape index (κ2) is 6.38. The van der Waals surface area contributed by atoms with Crippen molar-refractivity contribution in [1.82, 2.24) is 0 Å². The minimum absolute atomic E-state index is 0.146. The number of hydrogen-bond acceptors (Lipinski definition) is 4. The summed E-state index contributed by atoms with van der Waals surface area (Å²) in [6, 6.07) is 9.76. The molecule has 1 unspecified atom stereocenters. The van der Waals surface area contributed by atoms with Gasteiger partial charge in [0, 0.05) is 17.5 Å². The number of fused-ring (bicyclic) bond motifs is 1. The van der Waals surface area contributed by atoms with Gasteiger partial charge >= 0.3 is 0 Å². The summed E-state index contributed by atoms with van der Waals surface area (Å²) in [5, 5.41) is 12.1. The lowest BCUT2D eigenvalue weighted by atomic mass is 9.89. The maximum atomic E-state index is 9.81. The van der Waals surface area contributed by atoms with Crippen molar-refractivity contribution in [2.24, 2.45) is 0 Å². The van der Waals surface area contributed by atoms with Crippen LogP contribution in [0.25, 0.3) is 0 Å². The van der Waals surface area contributed by atoms with Crippen LogP contribution in [0.2, 0.25) is 0 Å². The first-order chi connectivity index (χ1) is 11.2. The topological polar surface area (TPSA) is 64.5 Å². The van der Waals surface area contributed by atoms with Gasteiger partial charge in [-0.2, -0.15) is 0 Å². The van der Waals surface area contributed by atoms with E-state index < -0.39 is 0 Å². The molecule has 5 heteroatoms. The maximum absolute atomic E-state index is 9.81. The van der Waals surface area contributed by atoms with E-state index in [0.29, 0.717) is 5.75 Å². The van der Waals surface area contributed by atoms with Gasteiger partial charge in [-0.25, -0.2) is 0 Å². The van der Waals surface area contributed by atoms with Crippen molar-refractivity contribution >= 4 is 0 Å². The van der Waals surface area contributed by atoms with Crippen LogP contribution in [-0.2, 0) is 6.42 Å². The first kappa shape index (κ1) is 15.5. The van der Waals surface area contributed by atoms with Crippen molar-refractivity contribution in [3.63, 3.8) is 0 Å². The predicted molar refractivity (Wildman–Crippen MR) is 86.5 cm³/mol. The van der Waals surface area contributed by atoms with Crippen LogP contribution in [0, 0.1) is 0 Å². The number of phenols is 1. The quantitative estimate of drug-likeness (QED) is 0.900. The second-order valence-corrected chi connectivity index (χ2v) is 5.59. The number of aromatic hydroxyl groups is 1. The third-order valence-electron chi connectivity index (χ3n) is 4.36. The summed E-state index contributed by atoms with van der Waals surface area (Å²) in [7, 11) is 4.86. The van der Waals surface area contributed by atoms with E-state index in [1.165, 1.54) is 11.1 Å². The van der Waals surface area contributed by atoms with E-state index in [4.69, 9.17) is 14.2 Å². The molecule has 0 saturated carbocycles. The van der Waals surface area contributed by atoms with E-state index in [9.17, 15) is 5.11 Å². The first-order valence-corrected chi connectivity index (χ1v) is 7.63. The third-order valence-corrected chi connectivity index (χ3v) is 4.36. The Morgan fingerprint density at radius 1 is 0.957 bits per heavy atom. The van der Waals surface area contributed by atoms with Gasteiger partial charge in [-0.15, -0.1) is 0 Å². The molecule has 1 atom stereocenters. The van der Waals surface area contributed by atoms with Crippen LogP contribution in [0.3, 0.4) is 0 Å². The summed E-state index contributed by atoms with van der Waals surface area (Å²) in [5.41, 5.74) is 3.57. The van der Waals surface area contributed by atoms with Crippen LogP contribution in [0.4, 0.5) is 0 Å². The van der Waals surface area contributed by atoms with Crippen LogP contribution in [0.1, 0.15) is 22.7 Å². The molecule has 0 aliphatic carbocycles. The average Bonchev–Trinajstić information content (AvgIpc) is 2.60. The maximum Gasteiger partial charge on any atom is 0.161 e. The van der Waals surface area contributed by atoms with Crippen molar-refractivity contribution in [3.05, 3.63) is 47.0 Å². The van der Waals surface area contributed by atoms with Crippen LogP contribution in [0.5, 0.6) is 23.0 Å². The van der Waals surface area contributed by atoms with Crippen LogP contribution < -0.4 is 19.5 Å². The molecule has 0 radical (unpaired) electrons. The van der Waals surface area contributed by atoms with Crippen molar-refractivity contribution < 1.29 is 24.6 Å². The van der Waals surface area contributed by atoms with Gasteiger partial charge in [-0.3, -0.25) is 0 Å². The number of benzene rings is 2. The summed E-state index contributed by atoms with van der Waals surface area (Å²) in [6.45, 7) is 0.996. The van der Waals surface area contributed by atoms with Gasteiger partial charge in [0.05, 0.1) is 27.9 Å². The van der Waals surface area contributed by atoms with E-state index >= 15 is 0 Å². The van der Waals surface area contributed by atoms with Crippen molar-refractivity contribution in [1.29, 1.82) is 0 Å². The number of hydrogen-bond donors (Lipinski definition) is 2. The SMILES string of the molecule is COc1cc(C2[NH2+]CCc3cc(OC)c(OC)cc32)ccc1O. The molecule has 5 nitrogen and oxygen atoms in total. The monoisotopic (exact) mass is 316 g/mol. The van der Waals surface area contributed by atoms with E-state index in [-0.39, 0.29) is 11.8 Å². The summed E-state index contributed by atoms with van der Waals surface area (Å²) >= 11 is 0. The zero-order valence-electron chi connectivity index (χ0n) is 13.6. The van der Waals surface area contributed by atoms with Gasteiger partial charge in [-0.05, 0) is 35.9 Å². The summed E-state index contributed by atoms with van der Waals surface area (Å²) < 4.78 is 16.1. The molecule has 2 aromatic rings. The van der Waals surface area contributed by atoms with E-state index in [2.05, 4.69) is 11.4 Å². The first-order valence-electron chi connectivity index (χ1n) is 7.63. The molecule has 0 aromatic heterocycles. The summed E-state index contributed by atoms with van der Waals surface area (Å²) in [5.74, 6) is 2.13. The molecule has 23 heavy (non-hydrogen) atoms. The van der Waals surface area contributed by atoms with Gasteiger partial charge < -0.3 is 24.6 Å². The molecule has 1 heterocycles. The minimum Gasteiger partial charge on any atom is -0.504 e. The smallest absolute Gasteiger partial charge is 0.161 e. The van der Waals surface area contributed by atoms with Gasteiger partial charge in [0.2, 0.25) is 0 Å². The number of nitrogens with two attached hydrogens (primary N) is 1. The molecular weight excluding hydrogens is 294 g/mol. The van der Waals surface area contributed by atoms with Gasteiger partial charge in [0.25, 0.3) is 0 Å². The molecule has 122 valence electrons. The normalized spacial score (nSPS) is 16.6. The molecule has 0 bridgehead atoms. The summed E-state index contributed by atoms with van der Waals surface area (Å²) in [6.07, 6.45) is 0.988. The average molecular weight is 316 g/mol. The summed E-state index contributed by atoms with van der Waals surface area (Å²) in [4.78, 5) is 0. The van der Waals surface area contributed by atoms with E-state index in [1.54, 1.807) is 27.4 Å². The van der Waals surface area contributed by atoms with Gasteiger partial charge in [0.1, 0.15) is 6.04 Å². The molecule has 0 spiro atoms. The Balaban J connectivity index is 2.07. The standard InChI is InChI=1S/C18H21NO4/c1-21-15-9-12(4-5-14(15)20)18-13-10-17(23-3)16(22-2)8-11(13)6-7-19-18/h4-5,8-10,18-20H,6-7H2,1-3H3/p+1. The lowest BCUT2D eigenvalue weighted by molar-refractivity contribution is -0.690. The Labute approximate surface area is 135 Å². The molecule has 2 aromatic carbocycles. The molecule has 0 saturated heterocycles. The molecule has 3 N–H and O–H groups in total. The van der Waals surface area contributed by atoms with E-state index in [1.807, 2.05) is 18.2 Å². The van der Waals surface area contributed by atoms with Crippen LogP contribution in [0.15, 0.2) is 30.3 Å². The van der Waals surface area contributed by atoms with Crippen molar-refractivity contribution in [2.45, 2.75) is 12.5 Å². The van der Waals surface area contributed by atoms with E-state index in [0.717, 1.165) is 30.0 Å². The highest BCUT2D eigenvalue weighted by Crippen LogP contribution is 2.37. The lowest BCUT2D eigenvalue weighted by Gasteiger charge is -2.26. The Kier molecular flexibility index (Phi) is 4.30. The number of methoxy groups -OCH3 is 3. The number of rotatable bonds is 4. The zero-order valence-corrected chi connectivity index (χ0v) is 13.6. The Hall–Kier alpha value is -2.40. The van der Waals surface area contributed by atoms with Crippen LogP contribution >= 0.6 is 0 Å². The number of quaternary nitrogens is 1. The second-order valence-electron chi connectivity index (χ2n) is 5.59. The highest BCUT2D eigenvalue weighted by molar-refractivity contribution is 5.52. The third kappa shape index (κ3) is 2.80. The Morgan fingerprint density at radius 2 is 1.65 bits per heavy atom. The fourth-order valence-corrected chi connectivity index (χ4v) is 3.18. The minimum atomic E-state index is 0.146. The fraction of sp³-hybridized carbons (Fsp3) is 0.333. The highest BCUT2D eigenvalue weighted by atomic mass is 16.5. The number of phenolic OH excluding ortho intramolecular Hbond substituents is 1. The lowest BCUT2D eigenvalue weighted by Crippen LogP contribution is -2.87. The fourth-order valence-electron chi connectivity index (χ4n) is 3.18. The molecule has 0 amide bonds. The molecule has 3 rings (SSSR count). The molecule has 0 fully saturated rings. The van der Waals surface area contributed by atoms with Gasteiger partial charge in [0.15, 0.2) is 23.0 Å². The largest absolute Gasteiger partial charge is 0.504 e. The Bertz CT molecular complexity index is 714. The predicted octanol–water partition coefficient (Wildman–Crippen LogP) is 1.63. The van der Waals surface area contributed by atoms with Gasteiger partial charge in [-0.1, -0.05) is 0 Å². The molecule has 1 aliphatic rings. The highest BCUT2D eigenvalue weighted by Gasteiger charge is 2.27. The number of ether oxygens (including phenoxy) is 3. The zero-order chi connectivity index (χ0) is 16.4.